The van der Waals surface area contributed by atoms with E-state index in [-0.39, 0.29) is 0 Å². The molecular formula is C18H21N9OS. The molecule has 0 aromatic carbocycles. The van der Waals surface area contributed by atoms with Gasteiger partial charge in [0.2, 0.25) is 0 Å². The second kappa shape index (κ2) is 7.48. The smallest absolute Gasteiger partial charge is 0.254 e. The van der Waals surface area contributed by atoms with Gasteiger partial charge < -0.3 is 13.9 Å². The standard InChI is InChI=1S/C18H21N9OS/c1-13-9-15(27-17(22-13)19-11-21-27)26-7-5-25(6-8-26)10-14-3-4-16(28-14)29-18-23-20-12-24(18)2/h3-4,9,11-12H,5-8,10H2,1-2H3. The third-order valence-corrected chi connectivity index (χ3v) is 5.91. The number of hydrogen-bond donors (Lipinski definition) is 0. The van der Waals surface area contributed by atoms with Crippen LogP contribution in [0.2, 0.25) is 0 Å². The number of hydrogen-bond acceptors (Lipinski definition) is 9. The van der Waals surface area contributed by atoms with E-state index in [0.717, 1.165) is 60.2 Å². The van der Waals surface area contributed by atoms with E-state index in [1.807, 2.05) is 35.2 Å². The van der Waals surface area contributed by atoms with Crippen molar-refractivity contribution in [1.29, 1.82) is 0 Å². The van der Waals surface area contributed by atoms with Gasteiger partial charge in [0.25, 0.3) is 5.78 Å². The van der Waals surface area contributed by atoms with Gasteiger partial charge >= 0.3 is 0 Å². The van der Waals surface area contributed by atoms with Gasteiger partial charge in [-0.15, -0.1) is 10.2 Å². The van der Waals surface area contributed by atoms with Crippen LogP contribution in [0.25, 0.3) is 5.78 Å². The Hall–Kier alpha value is -2.92. The van der Waals surface area contributed by atoms with Crippen molar-refractivity contribution in [3.8, 4) is 0 Å². The predicted molar refractivity (Wildman–Crippen MR) is 107 cm³/mol. The molecule has 0 spiro atoms. The molecule has 0 atom stereocenters. The quantitative estimate of drug-likeness (QED) is 0.486. The summed E-state index contributed by atoms with van der Waals surface area (Å²) >= 11 is 1.48. The molecule has 1 saturated heterocycles. The first kappa shape index (κ1) is 18.1. The highest BCUT2D eigenvalue weighted by Crippen LogP contribution is 2.28. The lowest BCUT2D eigenvalue weighted by molar-refractivity contribution is 0.224. The van der Waals surface area contributed by atoms with E-state index in [2.05, 4.69) is 41.1 Å². The van der Waals surface area contributed by atoms with Gasteiger partial charge in [-0.3, -0.25) is 4.90 Å². The maximum atomic E-state index is 5.99. The van der Waals surface area contributed by atoms with E-state index in [1.165, 1.54) is 11.8 Å². The monoisotopic (exact) mass is 411 g/mol. The molecule has 5 heterocycles. The topological polar surface area (TPSA) is 93.4 Å². The molecule has 0 N–H and O–H groups in total. The van der Waals surface area contributed by atoms with Crippen LogP contribution in [0.5, 0.6) is 0 Å². The highest BCUT2D eigenvalue weighted by Gasteiger charge is 2.21. The molecule has 0 amide bonds. The zero-order valence-electron chi connectivity index (χ0n) is 16.3. The van der Waals surface area contributed by atoms with E-state index in [1.54, 1.807) is 12.7 Å². The average molecular weight is 411 g/mol. The lowest BCUT2D eigenvalue weighted by Gasteiger charge is -2.35. The Morgan fingerprint density at radius 2 is 2.03 bits per heavy atom. The van der Waals surface area contributed by atoms with Crippen molar-refractivity contribution in [1.82, 2.24) is 39.2 Å². The molecule has 150 valence electrons. The van der Waals surface area contributed by atoms with Crippen LogP contribution in [0.1, 0.15) is 11.5 Å². The van der Waals surface area contributed by atoms with Crippen LogP contribution in [-0.4, -0.2) is 65.4 Å². The fourth-order valence-corrected chi connectivity index (χ4v) is 4.19. The summed E-state index contributed by atoms with van der Waals surface area (Å²) in [5.74, 6) is 2.65. The van der Waals surface area contributed by atoms with Crippen LogP contribution in [0, 0.1) is 6.92 Å². The molecule has 10 nitrogen and oxygen atoms in total. The first-order chi connectivity index (χ1) is 14.2. The van der Waals surface area contributed by atoms with Gasteiger partial charge in [0, 0.05) is 45.0 Å². The summed E-state index contributed by atoms with van der Waals surface area (Å²) in [6.07, 6.45) is 3.23. The van der Waals surface area contributed by atoms with E-state index in [4.69, 9.17) is 4.42 Å². The van der Waals surface area contributed by atoms with E-state index in [0.29, 0.717) is 5.78 Å². The summed E-state index contributed by atoms with van der Waals surface area (Å²) in [5.41, 5.74) is 0.950. The molecule has 0 aliphatic carbocycles. The largest absolute Gasteiger partial charge is 0.453 e. The third kappa shape index (κ3) is 3.70. The minimum atomic E-state index is 0.644. The molecule has 1 fully saturated rings. The Morgan fingerprint density at radius 1 is 1.17 bits per heavy atom. The molecule has 1 aliphatic rings. The summed E-state index contributed by atoms with van der Waals surface area (Å²) in [4.78, 5) is 13.4. The highest BCUT2D eigenvalue weighted by atomic mass is 32.2. The number of aromatic nitrogens is 7. The molecule has 0 unspecified atom stereocenters. The van der Waals surface area contributed by atoms with Gasteiger partial charge in [0.15, 0.2) is 10.2 Å². The van der Waals surface area contributed by atoms with Crippen molar-refractivity contribution in [3.63, 3.8) is 0 Å². The molecular weight excluding hydrogens is 390 g/mol. The minimum absolute atomic E-state index is 0.644. The Morgan fingerprint density at radius 3 is 2.83 bits per heavy atom. The number of rotatable bonds is 5. The summed E-state index contributed by atoms with van der Waals surface area (Å²) < 4.78 is 9.67. The number of piperazine rings is 1. The average Bonchev–Trinajstić information content (AvgIpc) is 3.45. The molecule has 4 aromatic heterocycles. The highest BCUT2D eigenvalue weighted by molar-refractivity contribution is 7.99. The van der Waals surface area contributed by atoms with E-state index in [9.17, 15) is 0 Å². The second-order valence-corrected chi connectivity index (χ2v) is 8.01. The van der Waals surface area contributed by atoms with Crippen LogP contribution in [-0.2, 0) is 13.6 Å². The van der Waals surface area contributed by atoms with Gasteiger partial charge in [-0.1, -0.05) is 0 Å². The van der Waals surface area contributed by atoms with Crippen molar-refractivity contribution in [2.24, 2.45) is 7.05 Å². The van der Waals surface area contributed by atoms with Crippen LogP contribution in [0.15, 0.2) is 45.5 Å². The maximum Gasteiger partial charge on any atom is 0.254 e. The first-order valence-electron chi connectivity index (χ1n) is 9.41. The number of nitrogens with zero attached hydrogens (tertiary/aromatic N) is 9. The van der Waals surface area contributed by atoms with Gasteiger partial charge in [-0.05, 0) is 30.8 Å². The van der Waals surface area contributed by atoms with Crippen LogP contribution < -0.4 is 4.90 Å². The zero-order valence-corrected chi connectivity index (χ0v) is 17.1. The Bertz CT molecular complexity index is 1130. The third-order valence-electron chi connectivity index (χ3n) is 4.94. The number of aryl methyl sites for hydroxylation is 2. The van der Waals surface area contributed by atoms with Gasteiger partial charge in [0.1, 0.15) is 24.2 Å². The SMILES string of the molecule is Cc1cc(N2CCN(Cc3ccc(Sc4nncn4C)o3)CC2)n2ncnc2n1. The molecule has 11 heteroatoms. The summed E-state index contributed by atoms with van der Waals surface area (Å²) in [5, 5.41) is 13.9. The fraction of sp³-hybridized carbons (Fsp3) is 0.389. The molecule has 4 aromatic rings. The number of anilines is 1. The number of furan rings is 1. The minimum Gasteiger partial charge on any atom is -0.453 e. The molecule has 29 heavy (non-hydrogen) atoms. The predicted octanol–water partition coefficient (Wildman–Crippen LogP) is 1.63. The summed E-state index contributed by atoms with van der Waals surface area (Å²) in [7, 11) is 1.92. The van der Waals surface area contributed by atoms with Crippen molar-refractivity contribution in [2.75, 3.05) is 31.1 Å². The van der Waals surface area contributed by atoms with Crippen molar-refractivity contribution in [2.45, 2.75) is 23.7 Å². The van der Waals surface area contributed by atoms with Crippen molar-refractivity contribution < 1.29 is 4.42 Å². The van der Waals surface area contributed by atoms with Gasteiger partial charge in [-0.25, -0.2) is 4.98 Å². The molecule has 0 bridgehead atoms. The summed E-state index contributed by atoms with van der Waals surface area (Å²) in [6.45, 7) is 6.51. The second-order valence-electron chi connectivity index (χ2n) is 7.04. The lowest BCUT2D eigenvalue weighted by Crippen LogP contribution is -2.46. The molecule has 0 radical (unpaired) electrons. The van der Waals surface area contributed by atoms with E-state index >= 15 is 0 Å². The lowest BCUT2D eigenvalue weighted by atomic mass is 10.3. The van der Waals surface area contributed by atoms with Crippen LogP contribution >= 0.6 is 11.8 Å². The normalized spacial score (nSPS) is 15.4. The Kier molecular flexibility index (Phi) is 4.68. The molecule has 1 aliphatic heterocycles. The number of fused-ring (bicyclic) bond motifs is 1. The van der Waals surface area contributed by atoms with Crippen LogP contribution in [0.4, 0.5) is 5.82 Å². The van der Waals surface area contributed by atoms with Crippen molar-refractivity contribution >= 4 is 23.4 Å². The van der Waals surface area contributed by atoms with Crippen molar-refractivity contribution in [3.05, 3.63) is 42.3 Å². The fourth-order valence-electron chi connectivity index (χ4n) is 3.45. The van der Waals surface area contributed by atoms with Gasteiger partial charge in [-0.2, -0.15) is 14.6 Å². The first-order valence-corrected chi connectivity index (χ1v) is 10.2. The van der Waals surface area contributed by atoms with Crippen LogP contribution in [0.3, 0.4) is 0 Å². The maximum absolute atomic E-state index is 5.99. The Labute approximate surface area is 171 Å². The summed E-state index contributed by atoms with van der Waals surface area (Å²) in [6, 6.07) is 6.10. The van der Waals surface area contributed by atoms with Gasteiger partial charge in [0.05, 0.1) is 6.54 Å². The molecule has 5 rings (SSSR count). The van der Waals surface area contributed by atoms with E-state index < -0.39 is 0 Å². The molecule has 0 saturated carbocycles. The zero-order chi connectivity index (χ0) is 19.8. The Balaban J connectivity index is 1.21.